The summed E-state index contributed by atoms with van der Waals surface area (Å²) in [5, 5.41) is 19.6. The highest BCUT2D eigenvalue weighted by atomic mass is 32.2. The number of aromatic nitrogens is 1. The van der Waals surface area contributed by atoms with Crippen LogP contribution in [0.5, 0.6) is 11.5 Å². The van der Waals surface area contributed by atoms with E-state index in [0.29, 0.717) is 31.7 Å². The van der Waals surface area contributed by atoms with Gasteiger partial charge in [-0.25, -0.2) is 13.7 Å². The Bertz CT molecular complexity index is 1270. The van der Waals surface area contributed by atoms with E-state index in [1.54, 1.807) is 6.07 Å². The summed E-state index contributed by atoms with van der Waals surface area (Å²) in [6.45, 7) is 7.24. The molecule has 0 bridgehead atoms. The van der Waals surface area contributed by atoms with E-state index in [4.69, 9.17) is 4.74 Å². The highest BCUT2D eigenvalue weighted by Crippen LogP contribution is 2.45. The normalized spacial score (nSPS) is 24.7. The fourth-order valence-electron chi connectivity index (χ4n) is 5.15. The minimum atomic E-state index is -3.95. The largest absolute Gasteiger partial charge is 0.504 e. The van der Waals surface area contributed by atoms with Gasteiger partial charge in [-0.05, 0) is 51.3 Å². The van der Waals surface area contributed by atoms with Crippen molar-refractivity contribution in [3.05, 3.63) is 47.5 Å². The van der Waals surface area contributed by atoms with Gasteiger partial charge in [-0.2, -0.15) is 18.0 Å². The Morgan fingerprint density at radius 2 is 2.11 bits per heavy atom. The second-order valence-electron chi connectivity index (χ2n) is 9.63. The summed E-state index contributed by atoms with van der Waals surface area (Å²) in [5.74, 6) is -0.188. The Kier molecular flexibility index (Phi) is 6.66. The lowest BCUT2D eigenvalue weighted by atomic mass is 9.82. The molecule has 35 heavy (non-hydrogen) atoms. The molecule has 1 N–H and O–H groups in total. The van der Waals surface area contributed by atoms with E-state index in [1.807, 2.05) is 39.0 Å². The molecular weight excluding hydrogens is 473 g/mol. The fraction of sp³-hybridized carbons (Fsp3) is 0.500. The maximum atomic E-state index is 14.1. The van der Waals surface area contributed by atoms with Crippen LogP contribution in [0.15, 0.2) is 30.5 Å². The monoisotopic (exact) mass is 503 g/mol. The van der Waals surface area contributed by atoms with Gasteiger partial charge < -0.3 is 9.84 Å². The van der Waals surface area contributed by atoms with Gasteiger partial charge in [0.15, 0.2) is 17.2 Å². The van der Waals surface area contributed by atoms with Crippen molar-refractivity contribution < 1.29 is 22.7 Å². The van der Waals surface area contributed by atoms with Crippen LogP contribution in [-0.2, 0) is 16.8 Å². The zero-order valence-corrected chi connectivity index (χ0v) is 21.1. The van der Waals surface area contributed by atoms with Gasteiger partial charge >= 0.3 is 10.2 Å². The standard InChI is InChI=1S/C24H30FN5O4S/c1-16(2)34-23-9-18(5-6-22(23)31)14-29-8-7-24(11-17(29)3)15-28(4)35(32,33)30(24)21-10-19(25)13-27-20(21)12-26/h5-6,9-10,13,16-17,31H,7-8,11,14-15H2,1-4H3/t17-,24+/m0/s1. The summed E-state index contributed by atoms with van der Waals surface area (Å²) in [7, 11) is -2.45. The number of nitriles is 1. The van der Waals surface area contributed by atoms with E-state index in [9.17, 15) is 23.2 Å². The van der Waals surface area contributed by atoms with Crippen LogP contribution in [-0.4, -0.2) is 65.5 Å². The molecule has 2 aliphatic rings. The number of piperidine rings is 1. The van der Waals surface area contributed by atoms with E-state index in [0.717, 1.165) is 17.8 Å². The molecule has 0 radical (unpaired) electrons. The van der Waals surface area contributed by atoms with Crippen molar-refractivity contribution in [3.63, 3.8) is 0 Å². The number of aromatic hydroxyl groups is 1. The van der Waals surface area contributed by atoms with Crippen LogP contribution < -0.4 is 9.04 Å². The third kappa shape index (κ3) is 4.66. The number of halogens is 1. The summed E-state index contributed by atoms with van der Waals surface area (Å²) in [6.07, 6.45) is 1.83. The van der Waals surface area contributed by atoms with E-state index in [2.05, 4.69) is 9.88 Å². The third-order valence-electron chi connectivity index (χ3n) is 6.67. The minimum Gasteiger partial charge on any atom is -0.504 e. The van der Waals surface area contributed by atoms with Gasteiger partial charge in [0, 0.05) is 38.8 Å². The highest BCUT2D eigenvalue weighted by Gasteiger charge is 2.56. The number of likely N-dealkylation sites (tertiary alicyclic amines) is 1. The van der Waals surface area contributed by atoms with Crippen LogP contribution in [0.3, 0.4) is 0 Å². The zero-order valence-electron chi connectivity index (χ0n) is 20.3. The lowest BCUT2D eigenvalue weighted by Crippen LogP contribution is -2.57. The average molecular weight is 504 g/mol. The van der Waals surface area contributed by atoms with Crippen molar-refractivity contribution in [2.24, 2.45) is 0 Å². The molecule has 2 aromatic rings. The lowest BCUT2D eigenvalue weighted by Gasteiger charge is -2.47. The van der Waals surface area contributed by atoms with Crippen LogP contribution >= 0.6 is 0 Å². The Labute approximate surface area is 205 Å². The number of hydrogen-bond acceptors (Lipinski definition) is 7. The molecule has 2 aliphatic heterocycles. The molecule has 188 valence electrons. The molecular formula is C24H30FN5O4S. The Morgan fingerprint density at radius 1 is 1.37 bits per heavy atom. The Morgan fingerprint density at radius 3 is 2.77 bits per heavy atom. The van der Waals surface area contributed by atoms with Gasteiger partial charge in [0.1, 0.15) is 11.9 Å². The molecule has 1 aromatic carbocycles. The number of phenols is 1. The molecule has 2 fully saturated rings. The number of benzene rings is 1. The van der Waals surface area contributed by atoms with Crippen LogP contribution in [0.2, 0.25) is 0 Å². The fourth-order valence-corrected chi connectivity index (χ4v) is 6.93. The number of nitrogens with zero attached hydrogens (tertiary/aromatic N) is 5. The Balaban J connectivity index is 1.62. The van der Waals surface area contributed by atoms with Crippen molar-refractivity contribution >= 4 is 15.9 Å². The van der Waals surface area contributed by atoms with Crippen molar-refractivity contribution in [2.45, 2.75) is 57.8 Å². The van der Waals surface area contributed by atoms with Gasteiger partial charge in [0.2, 0.25) is 0 Å². The van der Waals surface area contributed by atoms with Crippen LogP contribution in [0.1, 0.15) is 44.9 Å². The number of hydrogen-bond donors (Lipinski definition) is 1. The molecule has 0 aliphatic carbocycles. The predicted molar refractivity (Wildman–Crippen MR) is 129 cm³/mol. The van der Waals surface area contributed by atoms with Crippen LogP contribution in [0, 0.1) is 17.1 Å². The lowest BCUT2D eigenvalue weighted by molar-refractivity contribution is 0.100. The van der Waals surface area contributed by atoms with Gasteiger partial charge in [-0.3, -0.25) is 4.90 Å². The maximum Gasteiger partial charge on any atom is 0.304 e. The first-order valence-corrected chi connectivity index (χ1v) is 12.9. The van der Waals surface area contributed by atoms with Gasteiger partial charge in [-0.1, -0.05) is 6.07 Å². The molecule has 2 saturated heterocycles. The smallest absolute Gasteiger partial charge is 0.304 e. The molecule has 0 amide bonds. The highest BCUT2D eigenvalue weighted by molar-refractivity contribution is 7.90. The first-order chi connectivity index (χ1) is 16.5. The number of pyridine rings is 1. The third-order valence-corrected chi connectivity index (χ3v) is 8.63. The van der Waals surface area contributed by atoms with E-state index in [1.165, 1.54) is 15.7 Å². The topological polar surface area (TPSA) is 110 Å². The number of rotatable bonds is 5. The van der Waals surface area contributed by atoms with Crippen LogP contribution in [0.4, 0.5) is 10.1 Å². The number of phenolic OH excluding ortho intramolecular Hbond substituents is 1. The van der Waals surface area contributed by atoms with Gasteiger partial charge in [-0.15, -0.1) is 0 Å². The summed E-state index contributed by atoms with van der Waals surface area (Å²) >= 11 is 0. The number of likely N-dealkylation sites (N-methyl/N-ethyl adjacent to an activating group) is 1. The quantitative estimate of drug-likeness (QED) is 0.668. The Hall–Kier alpha value is -2.94. The zero-order chi connectivity index (χ0) is 25.5. The van der Waals surface area contributed by atoms with Gasteiger partial charge in [0.05, 0.1) is 23.5 Å². The SMILES string of the molecule is CC(C)Oc1cc(CN2CC[C@@]3(C[C@@H]2C)CN(C)S(=O)(=O)N3c2cc(F)cnc2C#N)ccc1O. The summed E-state index contributed by atoms with van der Waals surface area (Å²) in [4.78, 5) is 6.08. The molecule has 9 nitrogen and oxygen atoms in total. The van der Waals surface area contributed by atoms with Crippen molar-refractivity contribution in [2.75, 3.05) is 24.4 Å². The molecule has 3 heterocycles. The van der Waals surface area contributed by atoms with Gasteiger partial charge in [0.25, 0.3) is 0 Å². The molecule has 11 heteroatoms. The number of anilines is 1. The summed E-state index contributed by atoms with van der Waals surface area (Å²) in [6, 6.07) is 8.25. The second-order valence-corrected chi connectivity index (χ2v) is 11.5. The van der Waals surface area contributed by atoms with E-state index < -0.39 is 21.6 Å². The number of ether oxygens (including phenoxy) is 1. The molecule has 2 atom stereocenters. The first kappa shape index (κ1) is 25.2. The van der Waals surface area contributed by atoms with Crippen LogP contribution in [0.25, 0.3) is 0 Å². The molecule has 4 rings (SSSR count). The van der Waals surface area contributed by atoms with E-state index >= 15 is 0 Å². The molecule has 0 unspecified atom stereocenters. The van der Waals surface area contributed by atoms with E-state index in [-0.39, 0.29) is 35.8 Å². The predicted octanol–water partition coefficient (Wildman–Crippen LogP) is 3.01. The minimum absolute atomic E-state index is 0.0109. The molecule has 1 spiro atoms. The second kappa shape index (κ2) is 9.26. The summed E-state index contributed by atoms with van der Waals surface area (Å²) in [5.41, 5.74) is -0.00536. The maximum absolute atomic E-state index is 14.1. The average Bonchev–Trinajstić information content (AvgIpc) is 2.96. The van der Waals surface area contributed by atoms with Crippen molar-refractivity contribution in [3.8, 4) is 17.6 Å². The molecule has 1 aromatic heterocycles. The van der Waals surface area contributed by atoms with Crippen molar-refractivity contribution in [1.29, 1.82) is 5.26 Å². The first-order valence-electron chi connectivity index (χ1n) is 11.5. The molecule has 0 saturated carbocycles. The summed E-state index contributed by atoms with van der Waals surface area (Å²) < 4.78 is 48.9. The van der Waals surface area contributed by atoms with Crippen molar-refractivity contribution in [1.82, 2.24) is 14.2 Å².